The van der Waals surface area contributed by atoms with Crippen LogP contribution in [0.4, 0.5) is 0 Å². The second kappa shape index (κ2) is 6.20. The van der Waals surface area contributed by atoms with Crippen molar-refractivity contribution in [3.63, 3.8) is 0 Å². The van der Waals surface area contributed by atoms with Crippen LogP contribution in [0.3, 0.4) is 0 Å². The fourth-order valence-corrected chi connectivity index (χ4v) is 2.43. The Morgan fingerprint density at radius 1 is 1.29 bits per heavy atom. The number of aryl methyl sites for hydroxylation is 2. The maximum Gasteiger partial charge on any atom is 0.0959 e. The van der Waals surface area contributed by atoms with Crippen molar-refractivity contribution in [1.82, 2.24) is 9.78 Å². The molecule has 1 heterocycles. The largest absolute Gasteiger partial charge is 0.387 e. The topological polar surface area (TPSA) is 38.0 Å². The third-order valence-electron chi connectivity index (χ3n) is 3.17. The molecule has 2 atom stereocenters. The van der Waals surface area contributed by atoms with E-state index in [-0.39, 0.29) is 6.10 Å². The standard InChI is InChI=1S/C14H26N2O/c1-6-12-9-13(16(5)15-12)14(17)8-11(4)7-10(2)3/h9-11,14,17H,6-8H2,1-5H3. The molecule has 0 aliphatic carbocycles. The van der Waals surface area contributed by atoms with Gasteiger partial charge < -0.3 is 5.11 Å². The highest BCUT2D eigenvalue weighted by Gasteiger charge is 2.17. The van der Waals surface area contributed by atoms with E-state index in [0.717, 1.165) is 30.7 Å². The van der Waals surface area contributed by atoms with Gasteiger partial charge >= 0.3 is 0 Å². The van der Waals surface area contributed by atoms with Gasteiger partial charge in [-0.3, -0.25) is 4.68 Å². The fraction of sp³-hybridized carbons (Fsp3) is 0.786. The van der Waals surface area contributed by atoms with Crippen molar-refractivity contribution in [3.05, 3.63) is 17.5 Å². The summed E-state index contributed by atoms with van der Waals surface area (Å²) in [6, 6.07) is 2.02. The van der Waals surface area contributed by atoms with Crippen LogP contribution in [0.2, 0.25) is 0 Å². The first-order valence-electron chi connectivity index (χ1n) is 6.64. The minimum atomic E-state index is -0.387. The predicted molar refractivity (Wildman–Crippen MR) is 70.8 cm³/mol. The molecule has 0 fully saturated rings. The van der Waals surface area contributed by atoms with Gasteiger partial charge in [0.1, 0.15) is 0 Å². The van der Waals surface area contributed by atoms with E-state index in [2.05, 4.69) is 32.8 Å². The first-order chi connectivity index (χ1) is 7.93. The summed E-state index contributed by atoms with van der Waals surface area (Å²) in [7, 11) is 1.91. The number of hydrogen-bond donors (Lipinski definition) is 1. The van der Waals surface area contributed by atoms with Crippen LogP contribution in [0.5, 0.6) is 0 Å². The number of aliphatic hydroxyl groups is 1. The third-order valence-corrected chi connectivity index (χ3v) is 3.17. The summed E-state index contributed by atoms with van der Waals surface area (Å²) in [5.74, 6) is 1.24. The first kappa shape index (κ1) is 14.2. The fourth-order valence-electron chi connectivity index (χ4n) is 2.43. The first-order valence-corrected chi connectivity index (χ1v) is 6.64. The average Bonchev–Trinajstić information content (AvgIpc) is 2.58. The van der Waals surface area contributed by atoms with Crippen molar-refractivity contribution in [2.75, 3.05) is 0 Å². The van der Waals surface area contributed by atoms with Crippen molar-refractivity contribution in [2.45, 2.75) is 53.1 Å². The van der Waals surface area contributed by atoms with E-state index >= 15 is 0 Å². The second-order valence-electron chi connectivity index (χ2n) is 5.52. The Labute approximate surface area is 105 Å². The Kier molecular flexibility index (Phi) is 5.19. The Bertz CT molecular complexity index is 344. The van der Waals surface area contributed by atoms with Crippen LogP contribution in [0, 0.1) is 11.8 Å². The summed E-state index contributed by atoms with van der Waals surface area (Å²) in [4.78, 5) is 0. The van der Waals surface area contributed by atoms with Gasteiger partial charge in [0.25, 0.3) is 0 Å². The van der Waals surface area contributed by atoms with Crippen LogP contribution in [-0.4, -0.2) is 14.9 Å². The molecule has 0 spiro atoms. The lowest BCUT2D eigenvalue weighted by atomic mass is 9.93. The van der Waals surface area contributed by atoms with Gasteiger partial charge in [-0.15, -0.1) is 0 Å². The molecule has 3 nitrogen and oxygen atoms in total. The van der Waals surface area contributed by atoms with Crippen LogP contribution in [0.1, 0.15) is 58.0 Å². The lowest BCUT2D eigenvalue weighted by Gasteiger charge is -2.18. The minimum Gasteiger partial charge on any atom is -0.387 e. The molecule has 0 saturated heterocycles. The molecule has 0 aliphatic heterocycles. The molecule has 0 amide bonds. The quantitative estimate of drug-likeness (QED) is 0.827. The van der Waals surface area contributed by atoms with Crippen LogP contribution in [0.15, 0.2) is 6.07 Å². The number of rotatable bonds is 6. The predicted octanol–water partition coefficient (Wildman–Crippen LogP) is 3.09. The van der Waals surface area contributed by atoms with Gasteiger partial charge in [0.05, 0.1) is 17.5 Å². The summed E-state index contributed by atoms with van der Waals surface area (Å²) in [5.41, 5.74) is 2.00. The highest BCUT2D eigenvalue weighted by atomic mass is 16.3. The van der Waals surface area contributed by atoms with E-state index in [1.165, 1.54) is 0 Å². The number of aliphatic hydroxyl groups excluding tert-OH is 1. The molecule has 1 aromatic heterocycles. The van der Waals surface area contributed by atoms with E-state index in [1.54, 1.807) is 0 Å². The second-order valence-corrected chi connectivity index (χ2v) is 5.52. The number of nitrogens with zero attached hydrogens (tertiary/aromatic N) is 2. The molecular formula is C14H26N2O. The molecule has 0 bridgehead atoms. The van der Waals surface area contributed by atoms with E-state index in [4.69, 9.17) is 0 Å². The molecule has 0 saturated carbocycles. The molecule has 0 aliphatic rings. The van der Waals surface area contributed by atoms with Crippen LogP contribution in [-0.2, 0) is 13.5 Å². The van der Waals surface area contributed by atoms with Gasteiger partial charge in [0.2, 0.25) is 0 Å². The Morgan fingerprint density at radius 2 is 1.94 bits per heavy atom. The van der Waals surface area contributed by atoms with E-state index in [0.29, 0.717) is 11.8 Å². The SMILES string of the molecule is CCc1cc(C(O)CC(C)CC(C)C)n(C)n1. The van der Waals surface area contributed by atoms with E-state index in [9.17, 15) is 5.11 Å². The average molecular weight is 238 g/mol. The van der Waals surface area contributed by atoms with Crippen LogP contribution < -0.4 is 0 Å². The molecule has 0 aromatic carbocycles. The lowest BCUT2D eigenvalue weighted by Crippen LogP contribution is -2.10. The zero-order valence-electron chi connectivity index (χ0n) is 11.8. The molecular weight excluding hydrogens is 212 g/mol. The van der Waals surface area contributed by atoms with Crippen molar-refractivity contribution < 1.29 is 5.11 Å². The molecule has 17 heavy (non-hydrogen) atoms. The number of hydrogen-bond acceptors (Lipinski definition) is 2. The normalized spacial score (nSPS) is 15.2. The summed E-state index contributed by atoms with van der Waals surface area (Å²) in [5, 5.41) is 14.6. The molecule has 1 aromatic rings. The number of aromatic nitrogens is 2. The molecule has 98 valence electrons. The Balaban J connectivity index is 2.62. The molecule has 1 rings (SSSR count). The van der Waals surface area contributed by atoms with Crippen LogP contribution >= 0.6 is 0 Å². The van der Waals surface area contributed by atoms with Gasteiger partial charge in [-0.05, 0) is 37.2 Å². The van der Waals surface area contributed by atoms with Gasteiger partial charge in [0, 0.05) is 7.05 Å². The molecule has 2 unspecified atom stereocenters. The monoisotopic (exact) mass is 238 g/mol. The van der Waals surface area contributed by atoms with Gasteiger partial charge in [0.15, 0.2) is 0 Å². The molecule has 1 N–H and O–H groups in total. The van der Waals surface area contributed by atoms with E-state index < -0.39 is 0 Å². The molecule has 3 heteroatoms. The van der Waals surface area contributed by atoms with Crippen molar-refractivity contribution in [1.29, 1.82) is 0 Å². The van der Waals surface area contributed by atoms with Crippen LogP contribution in [0.25, 0.3) is 0 Å². The third kappa shape index (κ3) is 4.15. The summed E-state index contributed by atoms with van der Waals surface area (Å²) in [6.07, 6.45) is 2.51. The van der Waals surface area contributed by atoms with Gasteiger partial charge in [-0.1, -0.05) is 27.7 Å². The highest BCUT2D eigenvalue weighted by Crippen LogP contribution is 2.25. The Morgan fingerprint density at radius 3 is 2.41 bits per heavy atom. The summed E-state index contributed by atoms with van der Waals surface area (Å²) < 4.78 is 1.81. The minimum absolute atomic E-state index is 0.387. The molecule has 0 radical (unpaired) electrons. The smallest absolute Gasteiger partial charge is 0.0959 e. The van der Waals surface area contributed by atoms with Gasteiger partial charge in [-0.2, -0.15) is 5.10 Å². The van der Waals surface area contributed by atoms with Crippen molar-refractivity contribution >= 4 is 0 Å². The maximum absolute atomic E-state index is 10.2. The zero-order chi connectivity index (χ0) is 13.0. The van der Waals surface area contributed by atoms with Crippen molar-refractivity contribution in [2.24, 2.45) is 18.9 Å². The summed E-state index contributed by atoms with van der Waals surface area (Å²) in [6.45, 7) is 8.74. The van der Waals surface area contributed by atoms with Gasteiger partial charge in [-0.25, -0.2) is 0 Å². The highest BCUT2D eigenvalue weighted by molar-refractivity contribution is 5.12. The Hall–Kier alpha value is -0.830. The van der Waals surface area contributed by atoms with E-state index in [1.807, 2.05) is 17.8 Å². The maximum atomic E-state index is 10.2. The summed E-state index contributed by atoms with van der Waals surface area (Å²) >= 11 is 0. The van der Waals surface area contributed by atoms with Crippen molar-refractivity contribution in [3.8, 4) is 0 Å². The zero-order valence-corrected chi connectivity index (χ0v) is 11.8. The lowest BCUT2D eigenvalue weighted by molar-refractivity contribution is 0.133.